The van der Waals surface area contributed by atoms with E-state index < -0.39 is 10.8 Å². The molecule has 1 saturated heterocycles. The van der Waals surface area contributed by atoms with Crippen molar-refractivity contribution in [3.8, 4) is 5.75 Å². The van der Waals surface area contributed by atoms with Gasteiger partial charge in [-0.25, -0.2) is 5.43 Å². The number of benzene rings is 1. The fraction of sp³-hybridized carbons (Fsp3) is 0.312. The molecule has 2 rings (SSSR count). The van der Waals surface area contributed by atoms with Crippen molar-refractivity contribution in [3.63, 3.8) is 0 Å². The third kappa shape index (κ3) is 4.29. The number of nitrogens with one attached hydrogen (secondary N) is 2. The number of hydrazine groups is 1. The summed E-state index contributed by atoms with van der Waals surface area (Å²) in [6.45, 7) is 3.60. The van der Waals surface area contributed by atoms with E-state index in [2.05, 4.69) is 17.4 Å². The molecular formula is C16H20N2O3S. The Morgan fingerprint density at radius 3 is 2.95 bits per heavy atom. The van der Waals surface area contributed by atoms with Crippen molar-refractivity contribution in [2.75, 3.05) is 12.9 Å². The molecule has 2 N–H and O–H groups in total. The van der Waals surface area contributed by atoms with Gasteiger partial charge in [-0.3, -0.25) is 14.4 Å². The van der Waals surface area contributed by atoms with E-state index in [0.717, 1.165) is 12.0 Å². The number of rotatable bonds is 6. The lowest BCUT2D eigenvalue weighted by Crippen LogP contribution is -2.48. The third-order valence-electron chi connectivity index (χ3n) is 3.30. The fourth-order valence-electron chi connectivity index (χ4n) is 2.14. The molecule has 118 valence electrons. The van der Waals surface area contributed by atoms with Crippen LogP contribution in [0.25, 0.3) is 6.08 Å². The molecular weight excluding hydrogens is 300 g/mol. The van der Waals surface area contributed by atoms with Crippen LogP contribution in [0.5, 0.6) is 5.75 Å². The van der Waals surface area contributed by atoms with Crippen LogP contribution < -0.4 is 15.6 Å². The van der Waals surface area contributed by atoms with Crippen LogP contribution >= 0.6 is 0 Å². The van der Waals surface area contributed by atoms with Gasteiger partial charge >= 0.3 is 0 Å². The standard InChI is InChI=1S/C16H20N2O3S/c1-3-10-22(20)15-8-5-12(11-14(15)21-2)4-6-13-7-9-16(19)18-17-13/h3-6,8,11,13,17H,1,7,9-10H2,2H3,(H,18,19)/b6-4+. The smallest absolute Gasteiger partial charge is 0.234 e. The number of methoxy groups -OCH3 is 1. The van der Waals surface area contributed by atoms with Crippen LogP contribution in [-0.2, 0) is 15.6 Å². The normalized spacial score (nSPS) is 19.7. The average molecular weight is 320 g/mol. The maximum Gasteiger partial charge on any atom is 0.234 e. The van der Waals surface area contributed by atoms with Gasteiger partial charge in [0.2, 0.25) is 5.91 Å². The molecule has 2 unspecified atom stereocenters. The minimum atomic E-state index is -1.14. The number of carbonyl (C=O) groups excluding carboxylic acids is 1. The summed E-state index contributed by atoms with van der Waals surface area (Å²) in [4.78, 5) is 11.7. The first-order valence-corrected chi connectivity index (χ1v) is 8.36. The Kier molecular flexibility index (Phi) is 5.91. The van der Waals surface area contributed by atoms with E-state index in [9.17, 15) is 9.00 Å². The number of hydrogen-bond donors (Lipinski definition) is 2. The maximum absolute atomic E-state index is 12.1. The Balaban J connectivity index is 2.10. The van der Waals surface area contributed by atoms with E-state index in [-0.39, 0.29) is 11.9 Å². The second-order valence-electron chi connectivity index (χ2n) is 4.91. The fourth-order valence-corrected chi connectivity index (χ4v) is 3.12. The Labute approximate surface area is 132 Å². The summed E-state index contributed by atoms with van der Waals surface area (Å²) in [5, 5.41) is 0. The second-order valence-corrected chi connectivity index (χ2v) is 6.37. The molecule has 1 aromatic carbocycles. The monoisotopic (exact) mass is 320 g/mol. The highest BCUT2D eigenvalue weighted by Gasteiger charge is 2.14. The molecule has 1 heterocycles. The third-order valence-corrected chi connectivity index (χ3v) is 4.67. The Bertz CT molecular complexity index is 603. The molecule has 0 aromatic heterocycles. The predicted octanol–water partition coefficient (Wildman–Crippen LogP) is 1.79. The summed E-state index contributed by atoms with van der Waals surface area (Å²) in [6, 6.07) is 5.68. The molecule has 1 fully saturated rings. The molecule has 0 radical (unpaired) electrons. The molecule has 22 heavy (non-hydrogen) atoms. The first kappa shape index (κ1) is 16.5. The zero-order valence-electron chi connectivity index (χ0n) is 12.5. The van der Waals surface area contributed by atoms with Gasteiger partial charge in [-0.1, -0.05) is 24.3 Å². The Morgan fingerprint density at radius 1 is 1.50 bits per heavy atom. The molecule has 1 amide bonds. The van der Waals surface area contributed by atoms with Gasteiger partial charge in [0.15, 0.2) is 0 Å². The van der Waals surface area contributed by atoms with E-state index in [1.165, 1.54) is 0 Å². The van der Waals surface area contributed by atoms with E-state index in [0.29, 0.717) is 22.8 Å². The van der Waals surface area contributed by atoms with Gasteiger partial charge in [-0.05, 0) is 24.1 Å². The summed E-state index contributed by atoms with van der Waals surface area (Å²) >= 11 is 0. The lowest BCUT2D eigenvalue weighted by atomic mass is 10.1. The van der Waals surface area contributed by atoms with Crippen LogP contribution in [0.3, 0.4) is 0 Å². The van der Waals surface area contributed by atoms with Gasteiger partial charge in [0, 0.05) is 18.2 Å². The largest absolute Gasteiger partial charge is 0.495 e. The van der Waals surface area contributed by atoms with Crippen LogP contribution in [0.4, 0.5) is 0 Å². The van der Waals surface area contributed by atoms with Gasteiger partial charge in [0.1, 0.15) is 5.75 Å². The maximum atomic E-state index is 12.1. The SMILES string of the molecule is C=CCS(=O)c1ccc(/C=C/C2CCC(=O)NN2)cc1OC. The zero-order chi connectivity index (χ0) is 15.9. The van der Waals surface area contributed by atoms with E-state index in [1.807, 2.05) is 30.4 Å². The quantitative estimate of drug-likeness (QED) is 0.784. The molecule has 5 nitrogen and oxygen atoms in total. The van der Waals surface area contributed by atoms with Crippen molar-refractivity contribution in [2.24, 2.45) is 0 Å². The molecule has 1 aromatic rings. The molecule has 1 aliphatic heterocycles. The van der Waals surface area contributed by atoms with Crippen molar-refractivity contribution < 1.29 is 13.7 Å². The summed E-state index contributed by atoms with van der Waals surface area (Å²) in [7, 11) is 0.423. The van der Waals surface area contributed by atoms with Crippen LogP contribution in [0.1, 0.15) is 18.4 Å². The first-order chi connectivity index (χ1) is 10.6. The lowest BCUT2D eigenvalue weighted by molar-refractivity contribution is -0.123. The number of hydrogen-bond acceptors (Lipinski definition) is 4. The summed E-state index contributed by atoms with van der Waals surface area (Å²) < 4.78 is 17.4. The van der Waals surface area contributed by atoms with Gasteiger partial charge in [0.25, 0.3) is 0 Å². The van der Waals surface area contributed by atoms with Crippen molar-refractivity contribution in [1.82, 2.24) is 10.9 Å². The van der Waals surface area contributed by atoms with Crippen molar-refractivity contribution in [3.05, 3.63) is 42.5 Å². The van der Waals surface area contributed by atoms with Crippen molar-refractivity contribution in [2.45, 2.75) is 23.8 Å². The summed E-state index contributed by atoms with van der Waals surface area (Å²) in [6.07, 6.45) is 6.87. The highest BCUT2D eigenvalue weighted by molar-refractivity contribution is 7.85. The van der Waals surface area contributed by atoms with Crippen molar-refractivity contribution >= 4 is 22.8 Å². The number of amides is 1. The molecule has 1 aliphatic rings. The van der Waals surface area contributed by atoms with E-state index in [4.69, 9.17) is 4.74 Å². The molecule has 0 aliphatic carbocycles. The molecule has 0 saturated carbocycles. The highest BCUT2D eigenvalue weighted by atomic mass is 32.2. The van der Waals surface area contributed by atoms with Crippen molar-refractivity contribution in [1.29, 1.82) is 0 Å². The van der Waals surface area contributed by atoms with Crippen LogP contribution in [0.2, 0.25) is 0 Å². The minimum Gasteiger partial charge on any atom is -0.495 e. The lowest BCUT2D eigenvalue weighted by Gasteiger charge is -2.20. The zero-order valence-corrected chi connectivity index (χ0v) is 13.3. The molecule has 0 bridgehead atoms. The van der Waals surface area contributed by atoms with Crippen LogP contribution in [0.15, 0.2) is 41.8 Å². The molecule has 0 spiro atoms. The predicted molar refractivity (Wildman–Crippen MR) is 87.8 cm³/mol. The summed E-state index contributed by atoms with van der Waals surface area (Å²) in [5.74, 6) is 1.02. The number of carbonyl (C=O) groups is 1. The van der Waals surface area contributed by atoms with Crippen LogP contribution in [-0.4, -0.2) is 29.0 Å². The first-order valence-electron chi connectivity index (χ1n) is 7.04. The van der Waals surface area contributed by atoms with E-state index in [1.54, 1.807) is 13.2 Å². The number of ether oxygens (including phenoxy) is 1. The minimum absolute atomic E-state index is 0.0142. The molecule has 6 heteroatoms. The summed E-state index contributed by atoms with van der Waals surface area (Å²) in [5.41, 5.74) is 6.50. The molecule has 2 atom stereocenters. The Morgan fingerprint density at radius 2 is 2.32 bits per heavy atom. The van der Waals surface area contributed by atoms with Gasteiger partial charge in [-0.2, -0.15) is 0 Å². The van der Waals surface area contributed by atoms with Gasteiger partial charge in [-0.15, -0.1) is 6.58 Å². The van der Waals surface area contributed by atoms with E-state index >= 15 is 0 Å². The second kappa shape index (κ2) is 7.91. The highest BCUT2D eigenvalue weighted by Crippen LogP contribution is 2.24. The van der Waals surface area contributed by atoms with Gasteiger partial charge < -0.3 is 4.74 Å². The topological polar surface area (TPSA) is 67.4 Å². The average Bonchev–Trinajstić information content (AvgIpc) is 2.54. The van der Waals surface area contributed by atoms with Crippen LogP contribution in [0, 0.1) is 0 Å². The Hall–Kier alpha value is -1.92. The van der Waals surface area contributed by atoms with Gasteiger partial charge in [0.05, 0.1) is 22.8 Å².